The summed E-state index contributed by atoms with van der Waals surface area (Å²) in [6, 6.07) is 6.81. The molecule has 0 saturated carbocycles. The van der Waals surface area contributed by atoms with Gasteiger partial charge >= 0.3 is 11.9 Å². The van der Waals surface area contributed by atoms with E-state index in [1.165, 1.54) is 6.92 Å². The molecule has 0 aromatic heterocycles. The van der Waals surface area contributed by atoms with Crippen LogP contribution in [-0.2, 0) is 20.7 Å². The molecule has 0 N–H and O–H groups in total. The van der Waals surface area contributed by atoms with Gasteiger partial charge in [-0.1, -0.05) is 36.7 Å². The van der Waals surface area contributed by atoms with Crippen LogP contribution in [0.15, 0.2) is 24.3 Å². The number of benzene rings is 1. The Balaban J connectivity index is 2.71. The van der Waals surface area contributed by atoms with Gasteiger partial charge in [0.05, 0.1) is 6.42 Å². The Hall–Kier alpha value is -1.55. The monoisotopic (exact) mass is 270 g/mol. The molecule has 18 heavy (non-hydrogen) atoms. The molecule has 0 aliphatic heterocycles. The van der Waals surface area contributed by atoms with Gasteiger partial charge in [0, 0.05) is 12.5 Å². The van der Waals surface area contributed by atoms with Gasteiger partial charge in [-0.05, 0) is 12.5 Å². The fourth-order valence-corrected chi connectivity index (χ4v) is 1.43. The highest BCUT2D eigenvalue weighted by atomic mass is 35.5. The largest absolute Gasteiger partial charge is 0.446 e. The molecule has 98 valence electrons. The lowest BCUT2D eigenvalue weighted by Gasteiger charge is -2.11. The van der Waals surface area contributed by atoms with Gasteiger partial charge < -0.3 is 9.47 Å². The molecular weight excluding hydrogens is 256 g/mol. The standard InChI is InChI=1S/C13H15ClO4/c1-3-12(14)18-13(16)8-10-6-4-5-7-11(10)17-9(2)15/h4-7,12H,3,8H2,1-2H3. The van der Waals surface area contributed by atoms with Crippen molar-refractivity contribution in [3.8, 4) is 5.75 Å². The van der Waals surface area contributed by atoms with Gasteiger partial charge in [-0.3, -0.25) is 9.59 Å². The predicted molar refractivity (Wildman–Crippen MR) is 67.5 cm³/mol. The SMILES string of the molecule is CCC(Cl)OC(=O)Cc1ccccc1OC(C)=O. The van der Waals surface area contributed by atoms with E-state index in [2.05, 4.69) is 0 Å². The fraction of sp³-hybridized carbons (Fsp3) is 0.385. The van der Waals surface area contributed by atoms with Crippen molar-refractivity contribution in [1.82, 2.24) is 0 Å². The van der Waals surface area contributed by atoms with Gasteiger partial charge in [0.15, 0.2) is 5.56 Å². The van der Waals surface area contributed by atoms with Gasteiger partial charge in [-0.15, -0.1) is 0 Å². The number of halogens is 1. The minimum Gasteiger partial charge on any atom is -0.446 e. The molecule has 0 radical (unpaired) electrons. The van der Waals surface area contributed by atoms with Crippen molar-refractivity contribution in [3.63, 3.8) is 0 Å². The minimum atomic E-state index is -0.626. The molecule has 0 amide bonds. The summed E-state index contributed by atoms with van der Waals surface area (Å²) < 4.78 is 9.95. The number of rotatable bonds is 5. The third-order valence-electron chi connectivity index (χ3n) is 2.14. The van der Waals surface area contributed by atoms with Crippen LogP contribution in [-0.4, -0.2) is 17.5 Å². The molecular formula is C13H15ClO4. The Kier molecular flexibility index (Phi) is 5.65. The number of carbonyl (C=O) groups excluding carboxylic acids is 2. The van der Waals surface area contributed by atoms with E-state index in [0.29, 0.717) is 17.7 Å². The molecule has 0 fully saturated rings. The Morgan fingerprint density at radius 2 is 2.00 bits per heavy atom. The lowest BCUT2D eigenvalue weighted by atomic mass is 10.1. The number of para-hydroxylation sites is 1. The van der Waals surface area contributed by atoms with E-state index in [0.717, 1.165) is 0 Å². The Morgan fingerprint density at radius 3 is 2.61 bits per heavy atom. The van der Waals surface area contributed by atoms with Gasteiger partial charge in [0.1, 0.15) is 5.75 Å². The average Bonchev–Trinajstić information content (AvgIpc) is 2.30. The topological polar surface area (TPSA) is 52.6 Å². The number of hydrogen-bond donors (Lipinski definition) is 0. The van der Waals surface area contributed by atoms with Crippen molar-refractivity contribution in [2.75, 3.05) is 0 Å². The van der Waals surface area contributed by atoms with Crippen molar-refractivity contribution in [3.05, 3.63) is 29.8 Å². The summed E-state index contributed by atoms with van der Waals surface area (Å²) in [6.07, 6.45) is 0.561. The molecule has 1 aromatic carbocycles. The second kappa shape index (κ2) is 7.01. The summed E-state index contributed by atoms with van der Waals surface area (Å²) in [5.74, 6) is -0.513. The molecule has 0 aliphatic carbocycles. The fourth-order valence-electron chi connectivity index (χ4n) is 1.33. The maximum atomic E-state index is 11.6. The zero-order valence-electron chi connectivity index (χ0n) is 10.3. The van der Waals surface area contributed by atoms with E-state index in [-0.39, 0.29) is 6.42 Å². The first-order chi connectivity index (χ1) is 8.52. The van der Waals surface area contributed by atoms with Crippen LogP contribution in [0, 0.1) is 0 Å². The quantitative estimate of drug-likeness (QED) is 0.469. The van der Waals surface area contributed by atoms with Crippen molar-refractivity contribution in [1.29, 1.82) is 0 Å². The van der Waals surface area contributed by atoms with Gasteiger partial charge in [0.25, 0.3) is 0 Å². The second-order valence-electron chi connectivity index (χ2n) is 3.69. The van der Waals surface area contributed by atoms with Crippen LogP contribution in [0.25, 0.3) is 0 Å². The first-order valence-corrected chi connectivity index (χ1v) is 6.06. The van der Waals surface area contributed by atoms with Crippen molar-refractivity contribution in [2.45, 2.75) is 32.3 Å². The van der Waals surface area contributed by atoms with E-state index in [4.69, 9.17) is 21.1 Å². The average molecular weight is 271 g/mol. The molecule has 4 nitrogen and oxygen atoms in total. The van der Waals surface area contributed by atoms with Gasteiger partial charge in [-0.25, -0.2) is 0 Å². The summed E-state index contributed by atoms with van der Waals surface area (Å²) in [4.78, 5) is 22.5. The highest BCUT2D eigenvalue weighted by Crippen LogP contribution is 2.19. The molecule has 0 aliphatic rings. The van der Waals surface area contributed by atoms with Crippen LogP contribution < -0.4 is 4.74 Å². The lowest BCUT2D eigenvalue weighted by molar-refractivity contribution is -0.145. The highest BCUT2D eigenvalue weighted by molar-refractivity contribution is 6.20. The summed E-state index contributed by atoms with van der Waals surface area (Å²) in [5.41, 5.74) is -0.0314. The van der Waals surface area contributed by atoms with Crippen LogP contribution in [0.2, 0.25) is 0 Å². The Morgan fingerprint density at radius 1 is 1.33 bits per heavy atom. The summed E-state index contributed by atoms with van der Waals surface area (Å²) in [7, 11) is 0. The maximum Gasteiger partial charge on any atom is 0.311 e. The number of ether oxygens (including phenoxy) is 2. The Bertz CT molecular complexity index is 431. The molecule has 1 atom stereocenters. The van der Waals surface area contributed by atoms with E-state index >= 15 is 0 Å². The molecule has 0 saturated heterocycles. The summed E-state index contributed by atoms with van der Waals surface area (Å²) >= 11 is 5.72. The number of carbonyl (C=O) groups is 2. The number of esters is 2. The predicted octanol–water partition coefficient (Wildman–Crippen LogP) is 2.67. The molecule has 0 spiro atoms. The molecule has 0 heterocycles. The first kappa shape index (κ1) is 14.5. The molecule has 1 unspecified atom stereocenters. The van der Waals surface area contributed by atoms with Crippen LogP contribution in [0.4, 0.5) is 0 Å². The summed E-state index contributed by atoms with van der Waals surface area (Å²) in [5, 5.41) is 0. The van der Waals surface area contributed by atoms with Crippen LogP contribution in [0.3, 0.4) is 0 Å². The third kappa shape index (κ3) is 4.75. The lowest BCUT2D eigenvalue weighted by Crippen LogP contribution is -2.15. The maximum absolute atomic E-state index is 11.6. The zero-order chi connectivity index (χ0) is 13.5. The van der Waals surface area contributed by atoms with Crippen molar-refractivity contribution >= 4 is 23.5 Å². The second-order valence-corrected chi connectivity index (χ2v) is 4.17. The van der Waals surface area contributed by atoms with Crippen LogP contribution >= 0.6 is 11.6 Å². The van der Waals surface area contributed by atoms with E-state index in [1.54, 1.807) is 24.3 Å². The molecule has 1 aromatic rings. The number of alkyl halides is 1. The molecule has 1 rings (SSSR count). The van der Waals surface area contributed by atoms with E-state index in [1.807, 2.05) is 6.92 Å². The van der Waals surface area contributed by atoms with Gasteiger partial charge in [-0.2, -0.15) is 0 Å². The zero-order valence-corrected chi connectivity index (χ0v) is 11.1. The van der Waals surface area contributed by atoms with Gasteiger partial charge in [0.2, 0.25) is 0 Å². The van der Waals surface area contributed by atoms with E-state index < -0.39 is 17.5 Å². The molecule has 0 bridgehead atoms. The number of hydrogen-bond acceptors (Lipinski definition) is 4. The molecule has 5 heteroatoms. The van der Waals surface area contributed by atoms with Crippen molar-refractivity contribution < 1.29 is 19.1 Å². The Labute approximate surface area is 111 Å². The first-order valence-electron chi connectivity index (χ1n) is 5.62. The van der Waals surface area contributed by atoms with Crippen LogP contribution in [0.1, 0.15) is 25.8 Å². The van der Waals surface area contributed by atoms with Crippen molar-refractivity contribution in [2.24, 2.45) is 0 Å². The highest BCUT2D eigenvalue weighted by Gasteiger charge is 2.13. The van der Waals surface area contributed by atoms with E-state index in [9.17, 15) is 9.59 Å². The normalized spacial score (nSPS) is 11.7. The summed E-state index contributed by atoms with van der Waals surface area (Å²) in [6.45, 7) is 3.12. The smallest absolute Gasteiger partial charge is 0.311 e. The van der Waals surface area contributed by atoms with Crippen LogP contribution in [0.5, 0.6) is 5.75 Å². The third-order valence-corrected chi connectivity index (χ3v) is 2.54. The minimum absolute atomic E-state index is 0.0205.